The van der Waals surface area contributed by atoms with E-state index in [0.29, 0.717) is 27.0 Å². The van der Waals surface area contributed by atoms with Gasteiger partial charge in [-0.2, -0.15) is 0 Å². The fourth-order valence-corrected chi connectivity index (χ4v) is 4.49. The number of nitrogens with one attached hydrogen (secondary N) is 1. The van der Waals surface area contributed by atoms with Gasteiger partial charge in [-0.15, -0.1) is 0 Å². The number of thiocarbonyl (C=S) groups is 1. The van der Waals surface area contributed by atoms with Crippen molar-refractivity contribution in [3.8, 4) is 10.8 Å². The minimum atomic E-state index is -0.468. The lowest BCUT2D eigenvalue weighted by Gasteiger charge is -2.11. The number of pyridine rings is 1. The van der Waals surface area contributed by atoms with Gasteiger partial charge in [0.1, 0.15) is 11.6 Å². The van der Waals surface area contributed by atoms with Crippen molar-refractivity contribution in [2.24, 2.45) is 11.5 Å². The first-order chi connectivity index (χ1) is 12.5. The second kappa shape index (κ2) is 7.43. The summed E-state index contributed by atoms with van der Waals surface area (Å²) in [4.78, 5) is 17.5. The molecule has 6 nitrogen and oxygen atoms in total. The third-order valence-electron chi connectivity index (χ3n) is 4.29. The third kappa shape index (κ3) is 3.30. The molecule has 0 aromatic carbocycles. The van der Waals surface area contributed by atoms with Gasteiger partial charge in [-0.05, 0) is 55.7 Å². The molecule has 0 aliphatic heterocycles. The molecule has 1 aliphatic carbocycles. The summed E-state index contributed by atoms with van der Waals surface area (Å²) < 4.78 is 6.12. The third-order valence-corrected chi connectivity index (χ3v) is 5.88. The molecule has 8 heteroatoms. The fraction of sp³-hybridized carbons (Fsp3) is 0.278. The van der Waals surface area contributed by atoms with E-state index in [1.807, 2.05) is 19.1 Å². The van der Waals surface area contributed by atoms with Gasteiger partial charge < -0.3 is 21.5 Å². The zero-order valence-corrected chi connectivity index (χ0v) is 16.2. The van der Waals surface area contributed by atoms with Crippen LogP contribution in [-0.4, -0.2) is 22.8 Å². The molecule has 3 rings (SSSR count). The Labute approximate surface area is 161 Å². The maximum absolute atomic E-state index is 11.9. The Morgan fingerprint density at radius 3 is 2.81 bits per heavy atom. The lowest BCUT2D eigenvalue weighted by Crippen LogP contribution is -2.12. The van der Waals surface area contributed by atoms with Crippen LogP contribution in [-0.2, 0) is 6.42 Å². The molecule has 2 aromatic rings. The summed E-state index contributed by atoms with van der Waals surface area (Å²) in [7, 11) is 1.81. The van der Waals surface area contributed by atoms with Crippen LogP contribution in [0.5, 0.6) is 10.8 Å². The second-order valence-corrected chi connectivity index (χ2v) is 7.33. The minimum Gasteiger partial charge on any atom is -0.444 e. The van der Waals surface area contributed by atoms with Gasteiger partial charge in [-0.25, -0.2) is 4.98 Å². The molecule has 1 amide bonds. The molecule has 0 fully saturated rings. The number of anilines is 1. The Morgan fingerprint density at radius 1 is 1.42 bits per heavy atom. The molecule has 2 heterocycles. The van der Waals surface area contributed by atoms with E-state index in [2.05, 4.69) is 10.3 Å². The van der Waals surface area contributed by atoms with Crippen LogP contribution in [0.4, 0.5) is 5.82 Å². The summed E-state index contributed by atoms with van der Waals surface area (Å²) in [5.74, 6) is 0.889. The molecule has 26 heavy (non-hydrogen) atoms. The topological polar surface area (TPSA) is 103 Å². The number of nitrogens with two attached hydrogens (primary N) is 2. The molecule has 0 radical (unpaired) electrons. The van der Waals surface area contributed by atoms with Crippen LogP contribution in [0.3, 0.4) is 0 Å². The van der Waals surface area contributed by atoms with Gasteiger partial charge in [-0.1, -0.05) is 23.6 Å². The van der Waals surface area contributed by atoms with E-state index in [4.69, 9.17) is 28.4 Å². The van der Waals surface area contributed by atoms with E-state index in [1.165, 1.54) is 17.5 Å². The second-order valence-electron chi connectivity index (χ2n) is 5.94. The highest BCUT2D eigenvalue weighted by Gasteiger charge is 2.29. The monoisotopic (exact) mass is 388 g/mol. The van der Waals surface area contributed by atoms with E-state index < -0.39 is 5.91 Å². The number of ether oxygens (including phenoxy) is 1. The molecule has 0 saturated heterocycles. The number of thiophene rings is 1. The van der Waals surface area contributed by atoms with Crippen LogP contribution in [0, 0.1) is 6.92 Å². The van der Waals surface area contributed by atoms with Gasteiger partial charge in [0.05, 0.1) is 21.0 Å². The van der Waals surface area contributed by atoms with Crippen LogP contribution in [0.25, 0.3) is 0 Å². The average Bonchev–Trinajstić information content (AvgIpc) is 2.89. The molecule has 0 saturated carbocycles. The van der Waals surface area contributed by atoms with E-state index in [9.17, 15) is 4.79 Å². The lowest BCUT2D eigenvalue weighted by atomic mass is 10.0. The first-order valence-corrected chi connectivity index (χ1v) is 9.43. The van der Waals surface area contributed by atoms with Gasteiger partial charge in [0, 0.05) is 7.05 Å². The number of fused-ring (bicyclic) bond motifs is 1. The van der Waals surface area contributed by atoms with Crippen LogP contribution >= 0.6 is 23.6 Å². The Hall–Kier alpha value is -2.45. The maximum atomic E-state index is 11.9. The molecule has 0 atom stereocenters. The van der Waals surface area contributed by atoms with Gasteiger partial charge in [-0.3, -0.25) is 4.79 Å². The van der Waals surface area contributed by atoms with Crippen molar-refractivity contribution in [3.63, 3.8) is 0 Å². The largest absolute Gasteiger partial charge is 0.444 e. The fourth-order valence-electron chi connectivity index (χ4n) is 2.97. The number of aromatic nitrogens is 1. The molecule has 2 aromatic heterocycles. The normalized spacial score (nSPS) is 15.5. The predicted octanol–water partition coefficient (Wildman–Crippen LogP) is 3.28. The summed E-state index contributed by atoms with van der Waals surface area (Å²) in [5.41, 5.74) is 14.6. The molecule has 136 valence electrons. The highest BCUT2D eigenvalue weighted by atomic mass is 32.1. The highest BCUT2D eigenvalue weighted by Crippen LogP contribution is 2.43. The molecular formula is C18H20N4O2S2. The Balaban J connectivity index is 2.11. The zero-order valence-electron chi connectivity index (χ0n) is 14.6. The van der Waals surface area contributed by atoms with Gasteiger partial charge >= 0.3 is 0 Å². The first kappa shape index (κ1) is 18.3. The SMILES string of the molecule is CNc1ccc(Oc2sc(C(N)=O)c3c2C(=S)C(=CN)CCC3)c(C)n1. The number of carbonyl (C=O) groups is 1. The van der Waals surface area contributed by atoms with Crippen LogP contribution < -0.4 is 21.5 Å². The molecule has 1 aliphatic rings. The molecule has 5 N–H and O–H groups in total. The van der Waals surface area contributed by atoms with Crippen LogP contribution in [0.15, 0.2) is 23.9 Å². The molecule has 0 unspecified atom stereocenters. The number of rotatable bonds is 4. The standard InChI is InChI=1S/C18H20N4O2S2/c1-9-12(6-7-13(21-2)22-9)24-18-14-11(16(26-18)17(20)23)5-3-4-10(8-19)15(14)25/h6-8H,3-5,19H2,1-2H3,(H2,20,23)(H,21,22). The van der Waals surface area contributed by atoms with E-state index in [1.54, 1.807) is 7.05 Å². The van der Waals surface area contributed by atoms with E-state index >= 15 is 0 Å². The van der Waals surface area contributed by atoms with Gasteiger partial charge in [0.25, 0.3) is 5.91 Å². The van der Waals surface area contributed by atoms with Crippen molar-refractivity contribution >= 4 is 40.1 Å². The summed E-state index contributed by atoms with van der Waals surface area (Å²) in [6.07, 6.45) is 3.87. The Bertz CT molecular complexity index is 918. The van der Waals surface area contributed by atoms with Crippen molar-refractivity contribution < 1.29 is 9.53 Å². The molecule has 0 bridgehead atoms. The Morgan fingerprint density at radius 2 is 2.19 bits per heavy atom. The van der Waals surface area contributed by atoms with Crippen molar-refractivity contribution in [1.29, 1.82) is 0 Å². The summed E-state index contributed by atoms with van der Waals surface area (Å²) in [6.45, 7) is 1.86. The smallest absolute Gasteiger partial charge is 0.259 e. The van der Waals surface area contributed by atoms with Gasteiger partial charge in [0.2, 0.25) is 0 Å². The number of aryl methyl sites for hydroxylation is 1. The van der Waals surface area contributed by atoms with E-state index in [0.717, 1.165) is 41.1 Å². The average molecular weight is 389 g/mol. The number of allylic oxidation sites excluding steroid dienone is 1. The lowest BCUT2D eigenvalue weighted by molar-refractivity contribution is 0.100. The Kier molecular flexibility index (Phi) is 5.24. The predicted molar refractivity (Wildman–Crippen MR) is 108 cm³/mol. The van der Waals surface area contributed by atoms with Crippen molar-refractivity contribution in [2.45, 2.75) is 26.2 Å². The maximum Gasteiger partial charge on any atom is 0.259 e. The number of nitrogens with zero attached hydrogens (tertiary/aromatic N) is 1. The number of primary amides is 1. The number of amides is 1. The highest BCUT2D eigenvalue weighted by molar-refractivity contribution is 7.81. The minimum absolute atomic E-state index is 0.468. The summed E-state index contributed by atoms with van der Waals surface area (Å²) >= 11 is 6.87. The number of hydrogen-bond donors (Lipinski definition) is 3. The van der Waals surface area contributed by atoms with Crippen LogP contribution in [0.2, 0.25) is 0 Å². The number of hydrogen-bond acceptors (Lipinski definition) is 7. The summed E-state index contributed by atoms with van der Waals surface area (Å²) in [5, 5.41) is 3.55. The van der Waals surface area contributed by atoms with Crippen molar-refractivity contribution in [2.75, 3.05) is 12.4 Å². The number of carbonyl (C=O) groups excluding carboxylic acids is 1. The van der Waals surface area contributed by atoms with Crippen molar-refractivity contribution in [3.05, 3.63) is 45.6 Å². The van der Waals surface area contributed by atoms with E-state index in [-0.39, 0.29) is 0 Å². The van der Waals surface area contributed by atoms with Crippen molar-refractivity contribution in [1.82, 2.24) is 4.98 Å². The zero-order chi connectivity index (χ0) is 18.8. The summed E-state index contributed by atoms with van der Waals surface area (Å²) in [6, 6.07) is 3.66. The van der Waals surface area contributed by atoms with Crippen LogP contribution in [0.1, 0.15) is 39.3 Å². The first-order valence-electron chi connectivity index (χ1n) is 8.20. The quantitative estimate of drug-likeness (QED) is 0.422. The molecular weight excluding hydrogens is 368 g/mol. The molecule has 0 spiro atoms. The van der Waals surface area contributed by atoms with Gasteiger partial charge in [0.15, 0.2) is 5.06 Å².